The molecule has 0 aliphatic carbocycles. The van der Waals surface area contributed by atoms with E-state index < -0.39 is 10.0 Å². The van der Waals surface area contributed by atoms with Crippen molar-refractivity contribution >= 4 is 43.6 Å². The number of hydrogen-bond acceptors (Lipinski definition) is 7. The second-order valence-electron chi connectivity index (χ2n) is 6.35. The summed E-state index contributed by atoms with van der Waals surface area (Å²) in [6.45, 7) is 0.314. The number of amides is 1. The summed E-state index contributed by atoms with van der Waals surface area (Å²) in [4.78, 5) is 12.9. The molecule has 2 aromatic carbocycles. The number of carbonyl (C=O) groups excluding carboxylic acids is 1. The van der Waals surface area contributed by atoms with Crippen LogP contribution in [-0.4, -0.2) is 20.9 Å². The number of sulfonamides is 1. The average molecular weight is 442 g/mol. The van der Waals surface area contributed by atoms with E-state index in [9.17, 15) is 18.5 Å². The first-order valence-corrected chi connectivity index (χ1v) is 11.2. The molecule has 0 unspecified atom stereocenters. The molecular formula is C20H19N5O3S2. The highest BCUT2D eigenvalue weighted by atomic mass is 32.2. The van der Waals surface area contributed by atoms with Crippen LogP contribution in [0.3, 0.4) is 0 Å². The van der Waals surface area contributed by atoms with Crippen molar-refractivity contribution < 1.29 is 13.2 Å². The molecule has 3 rings (SSSR count). The Labute approximate surface area is 178 Å². The Balaban J connectivity index is 1.66. The number of nitriles is 1. The van der Waals surface area contributed by atoms with Crippen molar-refractivity contribution in [2.45, 2.75) is 11.3 Å². The molecule has 0 radical (unpaired) electrons. The normalized spacial score (nSPS) is 10.9. The van der Waals surface area contributed by atoms with E-state index in [1.165, 1.54) is 12.1 Å². The van der Waals surface area contributed by atoms with Crippen LogP contribution in [0.1, 0.15) is 20.8 Å². The number of anilines is 3. The molecule has 30 heavy (non-hydrogen) atoms. The number of para-hydroxylation sites is 1. The monoisotopic (exact) mass is 441 g/mol. The van der Waals surface area contributed by atoms with Crippen LogP contribution in [0.25, 0.3) is 0 Å². The summed E-state index contributed by atoms with van der Waals surface area (Å²) in [5.41, 5.74) is 8.01. The number of thiophene rings is 1. The van der Waals surface area contributed by atoms with Gasteiger partial charge in [0.15, 0.2) is 0 Å². The Morgan fingerprint density at radius 1 is 1.10 bits per heavy atom. The van der Waals surface area contributed by atoms with Gasteiger partial charge in [0.25, 0.3) is 5.91 Å². The van der Waals surface area contributed by atoms with Gasteiger partial charge in [-0.05, 0) is 36.2 Å². The number of rotatable bonds is 7. The van der Waals surface area contributed by atoms with Gasteiger partial charge in [-0.2, -0.15) is 5.26 Å². The summed E-state index contributed by atoms with van der Waals surface area (Å²) in [5.74, 6) is -0.378. The average Bonchev–Trinajstić information content (AvgIpc) is 3.03. The molecule has 154 valence electrons. The smallest absolute Gasteiger partial charge is 0.263 e. The molecule has 1 amide bonds. The van der Waals surface area contributed by atoms with Crippen molar-refractivity contribution in [3.63, 3.8) is 0 Å². The van der Waals surface area contributed by atoms with E-state index in [1.807, 2.05) is 36.4 Å². The highest BCUT2D eigenvalue weighted by molar-refractivity contribution is 7.89. The van der Waals surface area contributed by atoms with E-state index in [2.05, 4.69) is 10.6 Å². The molecule has 0 aliphatic heterocycles. The quantitative estimate of drug-likeness (QED) is 0.442. The lowest BCUT2D eigenvalue weighted by Crippen LogP contribution is -2.25. The molecule has 0 bridgehead atoms. The van der Waals surface area contributed by atoms with Crippen LogP contribution >= 0.6 is 11.3 Å². The van der Waals surface area contributed by atoms with Crippen LogP contribution in [0, 0.1) is 11.3 Å². The van der Waals surface area contributed by atoms with Crippen molar-refractivity contribution in [2.75, 3.05) is 17.6 Å². The summed E-state index contributed by atoms with van der Waals surface area (Å²) in [6.07, 6.45) is 0.488. The minimum absolute atomic E-state index is 0.0316. The minimum atomic E-state index is -3.74. The van der Waals surface area contributed by atoms with Gasteiger partial charge in [-0.1, -0.05) is 30.3 Å². The molecule has 10 heteroatoms. The molecule has 0 fully saturated rings. The van der Waals surface area contributed by atoms with Gasteiger partial charge in [0, 0.05) is 12.2 Å². The zero-order chi connectivity index (χ0) is 21.7. The van der Waals surface area contributed by atoms with Crippen LogP contribution < -0.4 is 21.5 Å². The molecule has 0 spiro atoms. The highest BCUT2D eigenvalue weighted by Crippen LogP contribution is 2.36. The first kappa shape index (κ1) is 21.3. The molecule has 0 aliphatic rings. The third-order valence-corrected chi connectivity index (χ3v) is 6.29. The molecule has 1 heterocycles. The summed E-state index contributed by atoms with van der Waals surface area (Å²) in [5, 5.41) is 20.9. The number of nitrogens with zero attached hydrogens (tertiary/aromatic N) is 1. The molecule has 0 atom stereocenters. The van der Waals surface area contributed by atoms with E-state index in [-0.39, 0.29) is 26.9 Å². The Hall–Kier alpha value is -3.39. The van der Waals surface area contributed by atoms with Crippen LogP contribution in [0.4, 0.5) is 16.4 Å². The number of nitrogen functional groups attached to an aromatic ring is 1. The third-order valence-electron chi connectivity index (χ3n) is 4.25. The van der Waals surface area contributed by atoms with Crippen molar-refractivity contribution in [1.29, 1.82) is 5.26 Å². The molecule has 8 nitrogen and oxygen atoms in total. The number of benzene rings is 2. The van der Waals surface area contributed by atoms with Gasteiger partial charge in [-0.15, -0.1) is 11.3 Å². The van der Waals surface area contributed by atoms with E-state index in [4.69, 9.17) is 10.9 Å². The molecule has 6 N–H and O–H groups in total. The molecular weight excluding hydrogens is 422 g/mol. The van der Waals surface area contributed by atoms with Gasteiger partial charge in [-0.3, -0.25) is 4.79 Å². The lowest BCUT2D eigenvalue weighted by molar-refractivity contribution is 0.0959. The molecule has 1 aromatic heterocycles. The van der Waals surface area contributed by atoms with Crippen molar-refractivity contribution in [2.24, 2.45) is 5.14 Å². The zero-order valence-corrected chi connectivity index (χ0v) is 17.4. The number of nitrogens with one attached hydrogen (secondary N) is 2. The number of carbonyl (C=O) groups is 1. The highest BCUT2D eigenvalue weighted by Gasteiger charge is 2.21. The van der Waals surface area contributed by atoms with Crippen LogP contribution in [0.15, 0.2) is 59.5 Å². The first-order chi connectivity index (χ1) is 14.3. The van der Waals surface area contributed by atoms with E-state index in [1.54, 1.807) is 12.1 Å². The summed E-state index contributed by atoms with van der Waals surface area (Å²) < 4.78 is 22.6. The maximum Gasteiger partial charge on any atom is 0.263 e. The predicted octanol–water partition coefficient (Wildman–Crippen LogP) is 2.57. The van der Waals surface area contributed by atoms with Crippen LogP contribution in [0.5, 0.6) is 0 Å². The minimum Gasteiger partial charge on any atom is -0.396 e. The van der Waals surface area contributed by atoms with Gasteiger partial charge in [0.2, 0.25) is 10.0 Å². The SMILES string of the molecule is N#Cc1c(Nc2ccccc2)sc(C(=O)NCCc2ccc(S(N)(=O)=O)cc2)c1N. The first-order valence-electron chi connectivity index (χ1n) is 8.84. The predicted molar refractivity (Wildman–Crippen MR) is 117 cm³/mol. The zero-order valence-electron chi connectivity index (χ0n) is 15.8. The lowest BCUT2D eigenvalue weighted by atomic mass is 10.1. The summed E-state index contributed by atoms with van der Waals surface area (Å²) in [7, 11) is -3.74. The Bertz CT molecular complexity index is 1200. The maximum atomic E-state index is 12.6. The number of nitrogens with two attached hydrogens (primary N) is 2. The van der Waals surface area contributed by atoms with Gasteiger partial charge >= 0.3 is 0 Å². The van der Waals surface area contributed by atoms with Crippen molar-refractivity contribution in [1.82, 2.24) is 5.32 Å². The van der Waals surface area contributed by atoms with Gasteiger partial charge in [-0.25, -0.2) is 13.6 Å². The second kappa shape index (κ2) is 8.96. The van der Waals surface area contributed by atoms with Gasteiger partial charge in [0.05, 0.1) is 10.6 Å². The van der Waals surface area contributed by atoms with Crippen LogP contribution in [0.2, 0.25) is 0 Å². The molecule has 3 aromatic rings. The Morgan fingerprint density at radius 2 is 1.77 bits per heavy atom. The summed E-state index contributed by atoms with van der Waals surface area (Å²) >= 11 is 1.11. The fourth-order valence-corrected chi connectivity index (χ4v) is 4.23. The largest absolute Gasteiger partial charge is 0.396 e. The van der Waals surface area contributed by atoms with Crippen molar-refractivity contribution in [3.8, 4) is 6.07 Å². The standard InChI is InChI=1S/C20H19N5O3S2/c21-12-16-17(22)18(29-20(16)25-14-4-2-1-3-5-14)19(26)24-11-10-13-6-8-15(9-7-13)30(23,27)28/h1-9,25H,10-11,22H2,(H,24,26)(H2,23,27,28). The Morgan fingerprint density at radius 3 is 2.37 bits per heavy atom. The number of primary sulfonamides is 1. The fraction of sp³-hybridized carbons (Fsp3) is 0.100. The van der Waals surface area contributed by atoms with E-state index in [0.29, 0.717) is 18.0 Å². The van der Waals surface area contributed by atoms with E-state index >= 15 is 0 Å². The van der Waals surface area contributed by atoms with Crippen LogP contribution in [-0.2, 0) is 16.4 Å². The van der Waals surface area contributed by atoms with Crippen molar-refractivity contribution in [3.05, 3.63) is 70.6 Å². The van der Waals surface area contributed by atoms with E-state index in [0.717, 1.165) is 22.6 Å². The molecule has 0 saturated carbocycles. The fourth-order valence-electron chi connectivity index (χ4n) is 2.71. The maximum absolute atomic E-state index is 12.6. The Kier molecular flexibility index (Phi) is 6.37. The summed E-state index contributed by atoms with van der Waals surface area (Å²) in [6, 6.07) is 17.4. The topological polar surface area (TPSA) is 151 Å². The van der Waals surface area contributed by atoms with Gasteiger partial charge < -0.3 is 16.4 Å². The molecule has 0 saturated heterocycles. The van der Waals surface area contributed by atoms with Gasteiger partial charge in [0.1, 0.15) is 21.5 Å². The third kappa shape index (κ3) is 4.96. The number of hydrogen-bond donors (Lipinski definition) is 4. The second-order valence-corrected chi connectivity index (χ2v) is 8.93. The lowest BCUT2D eigenvalue weighted by Gasteiger charge is -2.05.